The summed E-state index contributed by atoms with van der Waals surface area (Å²) in [4.78, 5) is 11.3. The molecule has 0 heterocycles. The lowest BCUT2D eigenvalue weighted by atomic mass is 10.0. The minimum absolute atomic E-state index is 0.00185. The van der Waals surface area contributed by atoms with Gasteiger partial charge in [0.25, 0.3) is 0 Å². The van der Waals surface area contributed by atoms with Gasteiger partial charge in [-0.05, 0) is 25.5 Å². The van der Waals surface area contributed by atoms with Crippen LogP contribution >= 0.6 is 0 Å². The summed E-state index contributed by atoms with van der Waals surface area (Å²) in [6.07, 6.45) is 0. The van der Waals surface area contributed by atoms with Crippen LogP contribution in [0.5, 0.6) is 11.5 Å². The molecule has 1 aromatic rings. The van der Waals surface area contributed by atoms with E-state index in [0.29, 0.717) is 17.1 Å². The van der Waals surface area contributed by atoms with E-state index in [4.69, 9.17) is 9.47 Å². The van der Waals surface area contributed by atoms with Crippen LogP contribution < -0.4 is 9.47 Å². The summed E-state index contributed by atoms with van der Waals surface area (Å²) in [6.45, 7) is 3.39. The molecule has 0 saturated heterocycles. The van der Waals surface area contributed by atoms with E-state index in [1.54, 1.807) is 20.3 Å². The van der Waals surface area contributed by atoms with Crippen LogP contribution in [0.2, 0.25) is 0 Å². The fourth-order valence-corrected chi connectivity index (χ4v) is 1.45. The van der Waals surface area contributed by atoms with Gasteiger partial charge in [0.15, 0.2) is 5.78 Å². The average Bonchev–Trinajstić information content (AvgIpc) is 2.15. The first kappa shape index (κ1) is 10.6. The number of hydrogen-bond donors (Lipinski definition) is 0. The number of ketones is 1. The SMILES string of the molecule is COc1cc(C)c(C(C)=O)c(OC)c1. The number of ether oxygens (including phenoxy) is 2. The highest BCUT2D eigenvalue weighted by Gasteiger charge is 2.12. The van der Waals surface area contributed by atoms with Gasteiger partial charge >= 0.3 is 0 Å². The zero-order valence-corrected chi connectivity index (χ0v) is 8.88. The Hall–Kier alpha value is -1.51. The van der Waals surface area contributed by atoms with Crippen LogP contribution in [0.25, 0.3) is 0 Å². The molecular weight excluding hydrogens is 180 g/mol. The molecule has 0 aliphatic carbocycles. The van der Waals surface area contributed by atoms with Crippen LogP contribution in [-0.2, 0) is 0 Å². The van der Waals surface area contributed by atoms with Crippen molar-refractivity contribution in [2.24, 2.45) is 0 Å². The molecule has 0 fully saturated rings. The summed E-state index contributed by atoms with van der Waals surface area (Å²) < 4.78 is 10.2. The maximum absolute atomic E-state index is 11.3. The highest BCUT2D eigenvalue weighted by atomic mass is 16.5. The zero-order chi connectivity index (χ0) is 10.7. The predicted molar refractivity (Wildman–Crippen MR) is 54.3 cm³/mol. The summed E-state index contributed by atoms with van der Waals surface area (Å²) in [7, 11) is 3.13. The van der Waals surface area contributed by atoms with Gasteiger partial charge in [0.1, 0.15) is 11.5 Å². The molecule has 14 heavy (non-hydrogen) atoms. The van der Waals surface area contributed by atoms with E-state index in [-0.39, 0.29) is 5.78 Å². The third-order valence-corrected chi connectivity index (χ3v) is 2.08. The molecule has 0 unspecified atom stereocenters. The van der Waals surface area contributed by atoms with Crippen molar-refractivity contribution in [3.05, 3.63) is 23.3 Å². The standard InChI is InChI=1S/C11H14O3/c1-7-5-9(13-3)6-10(14-4)11(7)8(2)12/h5-6H,1-4H3. The fraction of sp³-hybridized carbons (Fsp3) is 0.364. The Labute approximate surface area is 83.6 Å². The Balaban J connectivity index is 3.34. The first-order valence-corrected chi connectivity index (χ1v) is 4.33. The number of aryl methyl sites for hydroxylation is 1. The van der Waals surface area contributed by atoms with Gasteiger partial charge in [-0.25, -0.2) is 0 Å². The molecule has 0 aliphatic rings. The molecule has 0 aromatic heterocycles. The molecule has 0 atom stereocenters. The minimum atomic E-state index is 0.00185. The van der Waals surface area contributed by atoms with Crippen LogP contribution in [0.1, 0.15) is 22.8 Å². The summed E-state index contributed by atoms with van der Waals surface area (Å²) in [5, 5.41) is 0. The molecule has 76 valence electrons. The van der Waals surface area contributed by atoms with Crippen LogP contribution in [0, 0.1) is 6.92 Å². The van der Waals surface area contributed by atoms with Crippen molar-refractivity contribution >= 4 is 5.78 Å². The average molecular weight is 194 g/mol. The van der Waals surface area contributed by atoms with Gasteiger partial charge in [0.2, 0.25) is 0 Å². The molecule has 0 radical (unpaired) electrons. The number of benzene rings is 1. The first-order chi connectivity index (χ1) is 6.60. The second-order valence-electron chi connectivity index (χ2n) is 3.08. The second-order valence-corrected chi connectivity index (χ2v) is 3.08. The molecule has 0 N–H and O–H groups in total. The number of carbonyl (C=O) groups is 1. The predicted octanol–water partition coefficient (Wildman–Crippen LogP) is 2.21. The second kappa shape index (κ2) is 4.13. The van der Waals surface area contributed by atoms with Gasteiger partial charge in [-0.1, -0.05) is 0 Å². The van der Waals surface area contributed by atoms with E-state index in [2.05, 4.69) is 0 Å². The fourth-order valence-electron chi connectivity index (χ4n) is 1.45. The minimum Gasteiger partial charge on any atom is -0.497 e. The molecule has 0 aliphatic heterocycles. The van der Waals surface area contributed by atoms with Crippen molar-refractivity contribution in [1.29, 1.82) is 0 Å². The highest BCUT2D eigenvalue weighted by Crippen LogP contribution is 2.28. The third-order valence-electron chi connectivity index (χ3n) is 2.08. The van der Waals surface area contributed by atoms with Gasteiger partial charge in [0.05, 0.1) is 19.8 Å². The van der Waals surface area contributed by atoms with Gasteiger partial charge in [-0.3, -0.25) is 4.79 Å². The Bertz CT molecular complexity index is 356. The van der Waals surface area contributed by atoms with Crippen LogP contribution in [0.4, 0.5) is 0 Å². The number of hydrogen-bond acceptors (Lipinski definition) is 3. The van der Waals surface area contributed by atoms with Crippen molar-refractivity contribution in [3.63, 3.8) is 0 Å². The molecule has 0 spiro atoms. The van der Waals surface area contributed by atoms with E-state index < -0.39 is 0 Å². The monoisotopic (exact) mass is 194 g/mol. The molecule has 0 bridgehead atoms. The van der Waals surface area contributed by atoms with Crippen molar-refractivity contribution in [1.82, 2.24) is 0 Å². The van der Waals surface area contributed by atoms with Crippen molar-refractivity contribution in [3.8, 4) is 11.5 Å². The summed E-state index contributed by atoms with van der Waals surface area (Å²) in [5.74, 6) is 1.26. The van der Waals surface area contributed by atoms with Gasteiger partial charge < -0.3 is 9.47 Å². The smallest absolute Gasteiger partial charge is 0.163 e. The maximum Gasteiger partial charge on any atom is 0.163 e. The van der Waals surface area contributed by atoms with Crippen LogP contribution in [0.15, 0.2) is 12.1 Å². The Morgan fingerprint density at radius 2 is 1.86 bits per heavy atom. The first-order valence-electron chi connectivity index (χ1n) is 4.33. The number of methoxy groups -OCH3 is 2. The zero-order valence-electron chi connectivity index (χ0n) is 8.88. The van der Waals surface area contributed by atoms with Gasteiger partial charge in [0, 0.05) is 6.07 Å². The third kappa shape index (κ3) is 1.87. The highest BCUT2D eigenvalue weighted by molar-refractivity contribution is 5.98. The quantitative estimate of drug-likeness (QED) is 0.692. The van der Waals surface area contributed by atoms with Crippen LogP contribution in [0.3, 0.4) is 0 Å². The normalized spacial score (nSPS) is 9.71. The van der Waals surface area contributed by atoms with E-state index in [9.17, 15) is 4.79 Å². The van der Waals surface area contributed by atoms with E-state index in [1.807, 2.05) is 13.0 Å². The molecule has 3 heteroatoms. The molecule has 3 nitrogen and oxygen atoms in total. The lowest BCUT2D eigenvalue weighted by molar-refractivity contribution is 0.101. The van der Waals surface area contributed by atoms with Crippen molar-refractivity contribution < 1.29 is 14.3 Å². The topological polar surface area (TPSA) is 35.5 Å². The molecule has 0 saturated carbocycles. The van der Waals surface area contributed by atoms with Gasteiger partial charge in [-0.15, -0.1) is 0 Å². The Morgan fingerprint density at radius 1 is 1.21 bits per heavy atom. The number of Topliss-reactive ketones (excluding diaryl/α,β-unsaturated/α-hetero) is 1. The lowest BCUT2D eigenvalue weighted by Crippen LogP contribution is -2.01. The van der Waals surface area contributed by atoms with E-state index >= 15 is 0 Å². The summed E-state index contributed by atoms with van der Waals surface area (Å²) >= 11 is 0. The largest absolute Gasteiger partial charge is 0.497 e. The van der Waals surface area contributed by atoms with Gasteiger partial charge in [-0.2, -0.15) is 0 Å². The maximum atomic E-state index is 11.3. The van der Waals surface area contributed by atoms with E-state index in [0.717, 1.165) is 5.56 Å². The number of carbonyl (C=O) groups excluding carboxylic acids is 1. The lowest BCUT2D eigenvalue weighted by Gasteiger charge is -2.11. The van der Waals surface area contributed by atoms with Crippen molar-refractivity contribution in [2.75, 3.05) is 14.2 Å². The Morgan fingerprint density at radius 3 is 2.29 bits per heavy atom. The van der Waals surface area contributed by atoms with Crippen molar-refractivity contribution in [2.45, 2.75) is 13.8 Å². The molecule has 1 rings (SSSR count). The summed E-state index contributed by atoms with van der Waals surface area (Å²) in [6, 6.07) is 3.53. The number of rotatable bonds is 3. The molecule has 1 aromatic carbocycles. The Kier molecular flexibility index (Phi) is 3.12. The van der Waals surface area contributed by atoms with E-state index in [1.165, 1.54) is 6.92 Å². The molecule has 0 amide bonds. The molecular formula is C11H14O3. The van der Waals surface area contributed by atoms with Crippen LogP contribution in [-0.4, -0.2) is 20.0 Å². The summed E-state index contributed by atoms with van der Waals surface area (Å²) in [5.41, 5.74) is 1.49.